The summed E-state index contributed by atoms with van der Waals surface area (Å²) in [5, 5.41) is 8.66. The van der Waals surface area contributed by atoms with Crippen LogP contribution in [0.1, 0.15) is 11.4 Å². The molecule has 0 unspecified atom stereocenters. The Hall–Kier alpha value is -1.98. The lowest BCUT2D eigenvalue weighted by Gasteiger charge is -2.07. The maximum atomic E-state index is 6.15. The summed E-state index contributed by atoms with van der Waals surface area (Å²) >= 11 is 6.15. The van der Waals surface area contributed by atoms with Crippen LogP contribution < -0.4 is 5.32 Å². The van der Waals surface area contributed by atoms with E-state index in [0.29, 0.717) is 23.9 Å². The zero-order valence-electron chi connectivity index (χ0n) is 10.0. The van der Waals surface area contributed by atoms with Crippen molar-refractivity contribution in [3.8, 4) is 0 Å². The predicted octanol–water partition coefficient (Wildman–Crippen LogP) is 2.56. The van der Waals surface area contributed by atoms with Gasteiger partial charge in [-0.2, -0.15) is 4.98 Å². The molecule has 0 aliphatic heterocycles. The van der Waals surface area contributed by atoms with E-state index in [1.807, 2.05) is 24.3 Å². The summed E-state index contributed by atoms with van der Waals surface area (Å²) in [4.78, 5) is 8.33. The van der Waals surface area contributed by atoms with Crippen LogP contribution in [0.2, 0.25) is 5.02 Å². The normalized spacial score (nSPS) is 11.0. The van der Waals surface area contributed by atoms with Gasteiger partial charge < -0.3 is 9.84 Å². The molecule has 2 aromatic heterocycles. The van der Waals surface area contributed by atoms with Crippen molar-refractivity contribution in [2.75, 3.05) is 0 Å². The standard InChI is InChI=1S/C13H11ClN4O/c14-11-4-3-9(13-10(11)2-1-5-16-13)6-15-7-12-17-8-19-18-12/h1-5,8,15H,6-7H2. The van der Waals surface area contributed by atoms with Crippen LogP contribution in [0, 0.1) is 0 Å². The SMILES string of the molecule is Clc1ccc(CNCc2ncon2)c2ncccc12. The second-order valence-corrected chi connectivity index (χ2v) is 4.46. The average molecular weight is 275 g/mol. The maximum absolute atomic E-state index is 6.15. The first kappa shape index (κ1) is 12.1. The molecule has 6 heteroatoms. The van der Waals surface area contributed by atoms with Crippen LogP contribution in [0.25, 0.3) is 10.9 Å². The van der Waals surface area contributed by atoms with Gasteiger partial charge in [0.1, 0.15) is 0 Å². The molecule has 0 aliphatic rings. The van der Waals surface area contributed by atoms with Crippen molar-refractivity contribution in [1.29, 1.82) is 0 Å². The molecule has 96 valence electrons. The molecule has 1 N–H and O–H groups in total. The van der Waals surface area contributed by atoms with Gasteiger partial charge in [-0.1, -0.05) is 22.8 Å². The van der Waals surface area contributed by atoms with Gasteiger partial charge in [-0.3, -0.25) is 4.98 Å². The fourth-order valence-corrected chi connectivity index (χ4v) is 2.13. The molecule has 0 saturated heterocycles. The summed E-state index contributed by atoms with van der Waals surface area (Å²) in [5.41, 5.74) is 2.00. The molecule has 0 aliphatic carbocycles. The van der Waals surface area contributed by atoms with E-state index in [0.717, 1.165) is 16.5 Å². The van der Waals surface area contributed by atoms with E-state index < -0.39 is 0 Å². The molecule has 3 rings (SSSR count). The van der Waals surface area contributed by atoms with E-state index in [4.69, 9.17) is 11.6 Å². The van der Waals surface area contributed by atoms with Crippen molar-refractivity contribution in [3.05, 3.63) is 53.3 Å². The monoisotopic (exact) mass is 274 g/mol. The number of hydrogen-bond acceptors (Lipinski definition) is 5. The Labute approximate surface area is 114 Å². The van der Waals surface area contributed by atoms with Crippen LogP contribution in [0.5, 0.6) is 0 Å². The smallest absolute Gasteiger partial charge is 0.213 e. The van der Waals surface area contributed by atoms with Gasteiger partial charge in [0.2, 0.25) is 6.39 Å². The Morgan fingerprint density at radius 1 is 1.16 bits per heavy atom. The largest absolute Gasteiger partial charge is 0.343 e. The van der Waals surface area contributed by atoms with Gasteiger partial charge in [0.25, 0.3) is 0 Å². The molecule has 0 bridgehead atoms. The number of halogens is 1. The number of hydrogen-bond donors (Lipinski definition) is 1. The fourth-order valence-electron chi connectivity index (χ4n) is 1.92. The third-order valence-electron chi connectivity index (χ3n) is 2.81. The molecule has 2 heterocycles. The molecule has 5 nitrogen and oxygen atoms in total. The van der Waals surface area contributed by atoms with Gasteiger partial charge in [-0.15, -0.1) is 0 Å². The second-order valence-electron chi connectivity index (χ2n) is 4.06. The van der Waals surface area contributed by atoms with Crippen molar-refractivity contribution in [2.24, 2.45) is 0 Å². The van der Waals surface area contributed by atoms with Crippen LogP contribution in [0.4, 0.5) is 0 Å². The summed E-state index contributed by atoms with van der Waals surface area (Å²) in [7, 11) is 0. The molecule has 0 spiro atoms. The van der Waals surface area contributed by atoms with Crippen molar-refractivity contribution < 1.29 is 4.52 Å². The second kappa shape index (κ2) is 5.34. The molecule has 0 radical (unpaired) electrons. The van der Waals surface area contributed by atoms with Crippen molar-refractivity contribution in [2.45, 2.75) is 13.1 Å². The minimum atomic E-state index is 0.549. The summed E-state index contributed by atoms with van der Waals surface area (Å²) in [6, 6.07) is 7.70. The highest BCUT2D eigenvalue weighted by atomic mass is 35.5. The number of nitrogens with one attached hydrogen (secondary N) is 1. The molecule has 1 aromatic carbocycles. The first-order valence-electron chi connectivity index (χ1n) is 5.82. The van der Waals surface area contributed by atoms with E-state index in [-0.39, 0.29) is 0 Å². The maximum Gasteiger partial charge on any atom is 0.213 e. The lowest BCUT2D eigenvalue weighted by Crippen LogP contribution is -2.14. The molecule has 19 heavy (non-hydrogen) atoms. The van der Waals surface area contributed by atoms with Gasteiger partial charge in [-0.05, 0) is 23.8 Å². The summed E-state index contributed by atoms with van der Waals surface area (Å²) in [6.45, 7) is 1.21. The Morgan fingerprint density at radius 2 is 2.11 bits per heavy atom. The number of fused-ring (bicyclic) bond motifs is 1. The average Bonchev–Trinajstić information content (AvgIpc) is 2.95. The van der Waals surface area contributed by atoms with Gasteiger partial charge >= 0.3 is 0 Å². The minimum Gasteiger partial charge on any atom is -0.343 e. The number of pyridine rings is 1. The zero-order valence-corrected chi connectivity index (χ0v) is 10.8. The van der Waals surface area contributed by atoms with Crippen LogP contribution in [0.3, 0.4) is 0 Å². The molecule has 0 atom stereocenters. The predicted molar refractivity (Wildman–Crippen MR) is 71.6 cm³/mol. The fraction of sp³-hybridized carbons (Fsp3) is 0.154. The first-order chi connectivity index (χ1) is 9.34. The molecular weight excluding hydrogens is 264 g/mol. The van der Waals surface area contributed by atoms with Crippen LogP contribution in [-0.4, -0.2) is 15.1 Å². The zero-order chi connectivity index (χ0) is 13.1. The highest BCUT2D eigenvalue weighted by molar-refractivity contribution is 6.35. The Bertz CT molecular complexity index is 684. The highest BCUT2D eigenvalue weighted by Crippen LogP contribution is 2.24. The third-order valence-corrected chi connectivity index (χ3v) is 3.14. The van der Waals surface area contributed by atoms with Gasteiger partial charge in [0.15, 0.2) is 5.82 Å². The van der Waals surface area contributed by atoms with Crippen LogP contribution in [0.15, 0.2) is 41.4 Å². The molecular formula is C13H11ClN4O. The van der Waals surface area contributed by atoms with E-state index in [1.54, 1.807) is 6.20 Å². The van der Waals surface area contributed by atoms with Gasteiger partial charge in [0, 0.05) is 23.2 Å². The number of benzene rings is 1. The Balaban J connectivity index is 1.79. The van der Waals surface area contributed by atoms with Crippen molar-refractivity contribution >= 4 is 22.5 Å². The summed E-state index contributed by atoms with van der Waals surface area (Å²) in [5.74, 6) is 0.631. The lowest BCUT2D eigenvalue weighted by molar-refractivity contribution is 0.407. The van der Waals surface area contributed by atoms with E-state index >= 15 is 0 Å². The van der Waals surface area contributed by atoms with Gasteiger partial charge in [-0.25, -0.2) is 0 Å². The molecule has 3 aromatic rings. The van der Waals surface area contributed by atoms with Gasteiger partial charge in [0.05, 0.1) is 12.1 Å². The van der Waals surface area contributed by atoms with Crippen LogP contribution >= 0.6 is 11.6 Å². The summed E-state index contributed by atoms with van der Waals surface area (Å²) in [6.07, 6.45) is 3.08. The van der Waals surface area contributed by atoms with Crippen molar-refractivity contribution in [3.63, 3.8) is 0 Å². The number of rotatable bonds is 4. The van der Waals surface area contributed by atoms with Crippen LogP contribution in [-0.2, 0) is 13.1 Å². The Kier molecular flexibility index (Phi) is 3.39. The summed E-state index contributed by atoms with van der Waals surface area (Å²) < 4.78 is 4.67. The molecule has 0 fully saturated rings. The number of aromatic nitrogens is 3. The minimum absolute atomic E-state index is 0.549. The Morgan fingerprint density at radius 3 is 2.95 bits per heavy atom. The lowest BCUT2D eigenvalue weighted by atomic mass is 10.1. The van der Waals surface area contributed by atoms with E-state index in [2.05, 4.69) is 25.0 Å². The molecule has 0 saturated carbocycles. The topological polar surface area (TPSA) is 63.8 Å². The molecule has 0 amide bonds. The van der Waals surface area contributed by atoms with E-state index in [9.17, 15) is 0 Å². The van der Waals surface area contributed by atoms with Crippen molar-refractivity contribution in [1.82, 2.24) is 20.4 Å². The van der Waals surface area contributed by atoms with E-state index in [1.165, 1.54) is 6.39 Å². The third kappa shape index (κ3) is 2.57. The highest BCUT2D eigenvalue weighted by Gasteiger charge is 2.06. The number of nitrogens with zero attached hydrogens (tertiary/aromatic N) is 3. The first-order valence-corrected chi connectivity index (χ1v) is 6.20. The quantitative estimate of drug-likeness (QED) is 0.792.